The fraction of sp³-hybridized carbons (Fsp3) is 0.381. The molecule has 152 valence electrons. The molecule has 2 aromatic heterocycles. The highest BCUT2D eigenvalue weighted by atomic mass is 16.5. The Morgan fingerprint density at radius 1 is 1.14 bits per heavy atom. The average molecular weight is 394 g/mol. The number of methoxy groups -OCH3 is 1. The van der Waals surface area contributed by atoms with Gasteiger partial charge < -0.3 is 23.7 Å². The number of carbonyl (C=O) groups excluding carboxylic acids is 1. The molecule has 0 saturated carbocycles. The molecule has 1 aliphatic rings. The number of aryl methyl sites for hydroxylation is 1. The Morgan fingerprint density at radius 2 is 2.00 bits per heavy atom. The van der Waals surface area contributed by atoms with Crippen molar-refractivity contribution in [1.29, 1.82) is 0 Å². The van der Waals surface area contributed by atoms with Crippen LogP contribution in [-0.4, -0.2) is 68.7 Å². The first-order chi connectivity index (χ1) is 14.1. The van der Waals surface area contributed by atoms with Gasteiger partial charge in [0.2, 0.25) is 0 Å². The SMILES string of the molecule is CCn1cncc1-c1c(-c2cccc(OC)c2)ncn1CCN1CCN(C)C1=O. The standard InChI is InChI=1S/C21H26N6O2/c1-4-25-14-22-13-18(25)20-19(16-6-5-7-17(12-16)29-3)23-15-27(20)11-10-26-9-8-24(2)21(26)28/h5-7,12-15H,4,8-11H2,1-3H3. The first-order valence-corrected chi connectivity index (χ1v) is 9.82. The molecule has 0 atom stereocenters. The van der Waals surface area contributed by atoms with Crippen molar-refractivity contribution < 1.29 is 9.53 Å². The van der Waals surface area contributed by atoms with E-state index in [1.807, 2.05) is 55.1 Å². The number of urea groups is 1. The quantitative estimate of drug-likeness (QED) is 0.618. The summed E-state index contributed by atoms with van der Waals surface area (Å²) in [5.74, 6) is 0.790. The van der Waals surface area contributed by atoms with Crippen LogP contribution in [0.1, 0.15) is 6.92 Å². The Kier molecular flexibility index (Phi) is 5.24. The van der Waals surface area contributed by atoms with E-state index in [1.54, 1.807) is 12.0 Å². The van der Waals surface area contributed by atoms with E-state index in [9.17, 15) is 4.79 Å². The van der Waals surface area contributed by atoms with Crippen molar-refractivity contribution >= 4 is 6.03 Å². The largest absolute Gasteiger partial charge is 0.497 e. The van der Waals surface area contributed by atoms with Crippen LogP contribution in [0.5, 0.6) is 5.75 Å². The average Bonchev–Trinajstić information content (AvgIpc) is 3.46. The van der Waals surface area contributed by atoms with E-state index < -0.39 is 0 Å². The number of benzene rings is 1. The summed E-state index contributed by atoms with van der Waals surface area (Å²) in [7, 11) is 3.50. The number of hydrogen-bond donors (Lipinski definition) is 0. The number of amides is 2. The van der Waals surface area contributed by atoms with Crippen molar-refractivity contribution in [3.05, 3.63) is 43.1 Å². The van der Waals surface area contributed by atoms with E-state index in [1.165, 1.54) is 0 Å². The Labute approximate surface area is 170 Å². The van der Waals surface area contributed by atoms with Crippen molar-refractivity contribution in [2.75, 3.05) is 33.8 Å². The van der Waals surface area contributed by atoms with Gasteiger partial charge in [-0.15, -0.1) is 0 Å². The monoisotopic (exact) mass is 394 g/mol. The number of likely N-dealkylation sites (N-methyl/N-ethyl adjacent to an activating group) is 1. The maximum Gasteiger partial charge on any atom is 0.319 e. The van der Waals surface area contributed by atoms with Gasteiger partial charge in [-0.3, -0.25) is 0 Å². The van der Waals surface area contributed by atoms with Crippen LogP contribution in [-0.2, 0) is 13.1 Å². The predicted molar refractivity (Wildman–Crippen MR) is 111 cm³/mol. The van der Waals surface area contributed by atoms with Crippen LogP contribution in [0.2, 0.25) is 0 Å². The Balaban J connectivity index is 1.72. The fourth-order valence-corrected chi connectivity index (χ4v) is 3.71. The normalized spacial score (nSPS) is 14.1. The maximum atomic E-state index is 12.2. The lowest BCUT2D eigenvalue weighted by Gasteiger charge is -2.18. The van der Waals surface area contributed by atoms with Crippen LogP contribution in [0.15, 0.2) is 43.1 Å². The van der Waals surface area contributed by atoms with Gasteiger partial charge in [0.15, 0.2) is 0 Å². The van der Waals surface area contributed by atoms with Gasteiger partial charge in [0, 0.05) is 45.3 Å². The van der Waals surface area contributed by atoms with E-state index >= 15 is 0 Å². The Bertz CT molecular complexity index is 1010. The van der Waals surface area contributed by atoms with Crippen molar-refractivity contribution in [2.45, 2.75) is 20.0 Å². The predicted octanol–water partition coefficient (Wildman–Crippen LogP) is 2.81. The molecular weight excluding hydrogens is 368 g/mol. The second kappa shape index (κ2) is 7.98. The molecule has 0 radical (unpaired) electrons. The van der Waals surface area contributed by atoms with E-state index in [4.69, 9.17) is 9.72 Å². The Hall–Kier alpha value is -3.29. The third kappa shape index (κ3) is 3.57. The molecule has 8 heteroatoms. The number of hydrogen-bond acceptors (Lipinski definition) is 4. The van der Waals surface area contributed by atoms with Gasteiger partial charge in [-0.25, -0.2) is 14.8 Å². The number of rotatable bonds is 7. The van der Waals surface area contributed by atoms with Gasteiger partial charge >= 0.3 is 6.03 Å². The highest BCUT2D eigenvalue weighted by Crippen LogP contribution is 2.33. The minimum atomic E-state index is 0.0817. The van der Waals surface area contributed by atoms with Crippen LogP contribution >= 0.6 is 0 Å². The van der Waals surface area contributed by atoms with Gasteiger partial charge in [-0.2, -0.15) is 0 Å². The number of imidazole rings is 2. The molecule has 29 heavy (non-hydrogen) atoms. The summed E-state index contributed by atoms with van der Waals surface area (Å²) >= 11 is 0. The van der Waals surface area contributed by atoms with Crippen LogP contribution < -0.4 is 4.74 Å². The highest BCUT2D eigenvalue weighted by Gasteiger charge is 2.25. The second-order valence-electron chi connectivity index (χ2n) is 7.12. The van der Waals surface area contributed by atoms with E-state index in [0.717, 1.165) is 48.0 Å². The lowest BCUT2D eigenvalue weighted by Crippen LogP contribution is -2.32. The fourth-order valence-electron chi connectivity index (χ4n) is 3.71. The van der Waals surface area contributed by atoms with Gasteiger partial charge in [0.05, 0.1) is 43.0 Å². The first-order valence-electron chi connectivity index (χ1n) is 9.82. The summed E-state index contributed by atoms with van der Waals surface area (Å²) in [5.41, 5.74) is 3.87. The van der Waals surface area contributed by atoms with E-state index in [0.29, 0.717) is 13.1 Å². The third-order valence-electron chi connectivity index (χ3n) is 5.39. The molecule has 1 aliphatic heterocycles. The minimum absolute atomic E-state index is 0.0817. The third-order valence-corrected chi connectivity index (χ3v) is 5.39. The summed E-state index contributed by atoms with van der Waals surface area (Å²) in [5, 5.41) is 0. The molecule has 3 aromatic rings. The summed E-state index contributed by atoms with van der Waals surface area (Å²) < 4.78 is 9.61. The van der Waals surface area contributed by atoms with Crippen molar-refractivity contribution in [3.63, 3.8) is 0 Å². The smallest absolute Gasteiger partial charge is 0.319 e. The molecule has 8 nitrogen and oxygen atoms in total. The lowest BCUT2D eigenvalue weighted by atomic mass is 10.1. The van der Waals surface area contributed by atoms with Crippen molar-refractivity contribution in [2.24, 2.45) is 0 Å². The van der Waals surface area contributed by atoms with Crippen LogP contribution in [0.25, 0.3) is 22.6 Å². The molecule has 0 aliphatic carbocycles. The molecule has 4 rings (SSSR count). The summed E-state index contributed by atoms with van der Waals surface area (Å²) in [4.78, 5) is 24.9. The lowest BCUT2D eigenvalue weighted by molar-refractivity contribution is 0.197. The first kappa shape index (κ1) is 19.0. The molecule has 1 saturated heterocycles. The van der Waals surface area contributed by atoms with Gasteiger partial charge in [0.25, 0.3) is 0 Å². The van der Waals surface area contributed by atoms with Crippen LogP contribution in [0.3, 0.4) is 0 Å². The topological polar surface area (TPSA) is 68.4 Å². The molecule has 1 aromatic carbocycles. The molecule has 3 heterocycles. The maximum absolute atomic E-state index is 12.2. The van der Waals surface area contributed by atoms with Gasteiger partial charge in [0.1, 0.15) is 5.75 Å². The molecule has 0 spiro atoms. The van der Waals surface area contributed by atoms with Crippen molar-refractivity contribution in [3.8, 4) is 28.4 Å². The number of carbonyl (C=O) groups is 1. The number of ether oxygens (including phenoxy) is 1. The molecule has 1 fully saturated rings. The molecule has 0 bridgehead atoms. The zero-order valence-electron chi connectivity index (χ0n) is 17.1. The Morgan fingerprint density at radius 3 is 2.72 bits per heavy atom. The number of aromatic nitrogens is 4. The zero-order valence-corrected chi connectivity index (χ0v) is 17.1. The van der Waals surface area contributed by atoms with Gasteiger partial charge in [-0.1, -0.05) is 12.1 Å². The molecule has 0 N–H and O–H groups in total. The van der Waals surface area contributed by atoms with E-state index in [-0.39, 0.29) is 6.03 Å². The summed E-state index contributed by atoms with van der Waals surface area (Å²) in [6, 6.07) is 7.99. The summed E-state index contributed by atoms with van der Waals surface area (Å²) in [6.45, 7) is 5.75. The van der Waals surface area contributed by atoms with Crippen LogP contribution in [0.4, 0.5) is 4.79 Å². The number of nitrogens with zero attached hydrogens (tertiary/aromatic N) is 6. The second-order valence-corrected chi connectivity index (χ2v) is 7.12. The van der Waals surface area contributed by atoms with Crippen molar-refractivity contribution in [1.82, 2.24) is 28.9 Å². The zero-order chi connectivity index (χ0) is 20.4. The van der Waals surface area contributed by atoms with Gasteiger partial charge in [-0.05, 0) is 19.1 Å². The molecular formula is C21H26N6O2. The molecule has 2 amide bonds. The van der Waals surface area contributed by atoms with Crippen LogP contribution in [0, 0.1) is 0 Å². The minimum Gasteiger partial charge on any atom is -0.497 e. The highest BCUT2D eigenvalue weighted by molar-refractivity contribution is 5.78. The molecule has 0 unspecified atom stereocenters. The summed E-state index contributed by atoms with van der Waals surface area (Å²) in [6.07, 6.45) is 5.55. The van der Waals surface area contributed by atoms with E-state index in [2.05, 4.69) is 21.0 Å².